The summed E-state index contributed by atoms with van der Waals surface area (Å²) in [5, 5.41) is 12.1. The molecule has 0 radical (unpaired) electrons. The average molecular weight is 525 g/mol. The fourth-order valence-corrected chi connectivity index (χ4v) is 5.51. The minimum atomic E-state index is -0.257. The molecule has 0 saturated carbocycles. The van der Waals surface area contributed by atoms with E-state index in [2.05, 4.69) is 63.8 Å². The lowest BCUT2D eigenvalue weighted by molar-refractivity contribution is -0.115. The summed E-state index contributed by atoms with van der Waals surface area (Å²) in [5.74, 6) is -0.0287. The first kappa shape index (κ1) is 24.9. The largest absolute Gasteiger partial charge is 0.341 e. The van der Waals surface area contributed by atoms with Gasteiger partial charge in [-0.1, -0.05) is 36.4 Å². The molecular weight excluding hydrogens is 496 g/mol. The molecule has 37 heavy (non-hydrogen) atoms. The average Bonchev–Trinajstić information content (AvgIpc) is 3.23. The Morgan fingerprint density at radius 2 is 1.41 bits per heavy atom. The number of anilines is 3. The molecule has 7 heteroatoms. The number of amides is 1. The van der Waals surface area contributed by atoms with Crippen molar-refractivity contribution in [1.29, 1.82) is 0 Å². The first-order valence-electron chi connectivity index (χ1n) is 12.2. The van der Waals surface area contributed by atoms with Gasteiger partial charge in [0.25, 0.3) is 0 Å². The van der Waals surface area contributed by atoms with Crippen LogP contribution < -0.4 is 16.0 Å². The highest BCUT2D eigenvalue weighted by molar-refractivity contribution is 8.00. The maximum Gasteiger partial charge on any atom is 0.237 e. The summed E-state index contributed by atoms with van der Waals surface area (Å²) in [6.45, 7) is 4.97. The molecule has 1 unspecified atom stereocenters. The molecule has 1 aromatic heterocycles. The zero-order valence-corrected chi connectivity index (χ0v) is 22.3. The summed E-state index contributed by atoms with van der Waals surface area (Å²) >= 11 is 6.92. The SMILES string of the molecule is CCn1c2ccccc2c2cc(NC(=O)C(C)Sc3ccc(NC(=S)Nc4ccccc4)cc3)ccc21. The number of fused-ring (bicyclic) bond motifs is 3. The van der Waals surface area contributed by atoms with Gasteiger partial charge in [0.1, 0.15) is 0 Å². The van der Waals surface area contributed by atoms with E-state index in [1.165, 1.54) is 28.2 Å². The summed E-state index contributed by atoms with van der Waals surface area (Å²) in [5.41, 5.74) is 5.01. The van der Waals surface area contributed by atoms with Crippen LogP contribution in [0.3, 0.4) is 0 Å². The third kappa shape index (κ3) is 5.63. The topological polar surface area (TPSA) is 58.1 Å². The van der Waals surface area contributed by atoms with E-state index in [1.807, 2.05) is 67.6 Å². The molecule has 186 valence electrons. The number of nitrogens with zero attached hydrogens (tertiary/aromatic N) is 1. The molecule has 0 saturated heterocycles. The van der Waals surface area contributed by atoms with E-state index >= 15 is 0 Å². The molecule has 0 aliphatic carbocycles. The Bertz CT molecular complexity index is 1560. The fourth-order valence-electron chi connectivity index (χ4n) is 4.41. The molecule has 5 nitrogen and oxygen atoms in total. The van der Waals surface area contributed by atoms with Gasteiger partial charge in [0, 0.05) is 50.3 Å². The van der Waals surface area contributed by atoms with Gasteiger partial charge >= 0.3 is 0 Å². The molecule has 1 heterocycles. The van der Waals surface area contributed by atoms with Crippen LogP contribution in [0.25, 0.3) is 21.8 Å². The lowest BCUT2D eigenvalue weighted by atomic mass is 10.1. The van der Waals surface area contributed by atoms with Gasteiger partial charge < -0.3 is 20.5 Å². The van der Waals surface area contributed by atoms with Gasteiger partial charge in [-0.05, 0) is 86.7 Å². The van der Waals surface area contributed by atoms with E-state index in [9.17, 15) is 4.79 Å². The second-order valence-electron chi connectivity index (χ2n) is 8.71. The highest BCUT2D eigenvalue weighted by atomic mass is 32.2. The standard InChI is InChI=1S/C30H28N4OS2/c1-3-34-27-12-8-7-11-25(27)26-19-23(15-18-28(26)34)31-29(35)20(2)37-24-16-13-22(14-17-24)33-30(36)32-21-9-5-4-6-10-21/h4-20H,3H2,1-2H3,(H,31,35)(H2,32,33,36). The highest BCUT2D eigenvalue weighted by Gasteiger charge is 2.16. The van der Waals surface area contributed by atoms with Crippen molar-refractivity contribution in [2.24, 2.45) is 0 Å². The van der Waals surface area contributed by atoms with Crippen molar-refractivity contribution in [2.45, 2.75) is 30.5 Å². The maximum atomic E-state index is 13.0. The van der Waals surface area contributed by atoms with Crippen LogP contribution in [-0.4, -0.2) is 20.8 Å². The van der Waals surface area contributed by atoms with Gasteiger partial charge in [0.05, 0.1) is 5.25 Å². The molecule has 0 aliphatic heterocycles. The van der Waals surface area contributed by atoms with Crippen molar-refractivity contribution in [3.8, 4) is 0 Å². The van der Waals surface area contributed by atoms with E-state index in [0.717, 1.165) is 33.9 Å². The van der Waals surface area contributed by atoms with Crippen molar-refractivity contribution < 1.29 is 4.79 Å². The molecule has 0 bridgehead atoms. The molecule has 0 fully saturated rings. The smallest absolute Gasteiger partial charge is 0.237 e. The number of aryl methyl sites for hydroxylation is 1. The van der Waals surface area contributed by atoms with E-state index < -0.39 is 0 Å². The first-order valence-corrected chi connectivity index (χ1v) is 13.5. The van der Waals surface area contributed by atoms with Crippen LogP contribution in [0.5, 0.6) is 0 Å². The lowest BCUT2D eigenvalue weighted by Crippen LogP contribution is -2.22. The minimum absolute atomic E-state index is 0.0287. The Morgan fingerprint density at radius 3 is 2.14 bits per heavy atom. The number of carbonyl (C=O) groups is 1. The van der Waals surface area contributed by atoms with E-state index in [-0.39, 0.29) is 11.2 Å². The van der Waals surface area contributed by atoms with Crippen molar-refractivity contribution >= 4 is 73.9 Å². The minimum Gasteiger partial charge on any atom is -0.341 e. The molecular formula is C30H28N4OS2. The van der Waals surface area contributed by atoms with Gasteiger partial charge in [0.15, 0.2) is 5.11 Å². The second-order valence-corrected chi connectivity index (χ2v) is 10.5. The van der Waals surface area contributed by atoms with E-state index in [1.54, 1.807) is 0 Å². The van der Waals surface area contributed by atoms with Crippen molar-refractivity contribution in [3.63, 3.8) is 0 Å². The predicted octanol–water partition coefficient (Wildman–Crippen LogP) is 7.74. The number of hydrogen-bond donors (Lipinski definition) is 3. The Hall–Kier alpha value is -3.81. The lowest BCUT2D eigenvalue weighted by Gasteiger charge is -2.14. The summed E-state index contributed by atoms with van der Waals surface area (Å²) < 4.78 is 2.30. The summed E-state index contributed by atoms with van der Waals surface area (Å²) in [7, 11) is 0. The fraction of sp³-hybridized carbons (Fsp3) is 0.133. The third-order valence-electron chi connectivity index (χ3n) is 6.18. The molecule has 1 atom stereocenters. The normalized spacial score (nSPS) is 11.8. The Kier molecular flexibility index (Phi) is 7.44. The number of carbonyl (C=O) groups excluding carboxylic acids is 1. The van der Waals surface area contributed by atoms with Crippen molar-refractivity contribution in [3.05, 3.63) is 97.1 Å². The number of thiocarbonyl (C=S) groups is 1. The van der Waals surface area contributed by atoms with Gasteiger partial charge in [0.2, 0.25) is 5.91 Å². The van der Waals surface area contributed by atoms with Crippen LogP contribution in [0.4, 0.5) is 17.1 Å². The molecule has 5 aromatic rings. The number of benzene rings is 4. The van der Waals surface area contributed by atoms with Gasteiger partial charge in [-0.2, -0.15) is 0 Å². The van der Waals surface area contributed by atoms with Crippen LogP contribution in [-0.2, 0) is 11.3 Å². The van der Waals surface area contributed by atoms with Crippen LogP contribution in [0.2, 0.25) is 0 Å². The molecule has 5 rings (SSSR count). The molecule has 0 spiro atoms. The van der Waals surface area contributed by atoms with Crippen LogP contribution in [0.15, 0.2) is 102 Å². The quantitative estimate of drug-likeness (QED) is 0.150. The summed E-state index contributed by atoms with van der Waals surface area (Å²) in [4.78, 5) is 14.0. The van der Waals surface area contributed by atoms with Gasteiger partial charge in [-0.25, -0.2) is 0 Å². The second kappa shape index (κ2) is 11.1. The Labute approximate surface area is 226 Å². The van der Waals surface area contributed by atoms with Gasteiger partial charge in [-0.3, -0.25) is 4.79 Å². The highest BCUT2D eigenvalue weighted by Crippen LogP contribution is 2.32. The third-order valence-corrected chi connectivity index (χ3v) is 7.50. The van der Waals surface area contributed by atoms with E-state index in [4.69, 9.17) is 12.2 Å². The summed E-state index contributed by atoms with van der Waals surface area (Å²) in [6, 6.07) is 32.3. The van der Waals surface area contributed by atoms with Crippen LogP contribution in [0, 0.1) is 0 Å². The zero-order valence-electron chi connectivity index (χ0n) is 20.7. The Morgan fingerprint density at radius 1 is 0.784 bits per heavy atom. The van der Waals surface area contributed by atoms with E-state index in [0.29, 0.717) is 5.11 Å². The monoisotopic (exact) mass is 524 g/mol. The number of thioether (sulfide) groups is 1. The first-order chi connectivity index (χ1) is 18.0. The molecule has 3 N–H and O–H groups in total. The zero-order chi connectivity index (χ0) is 25.8. The number of nitrogens with one attached hydrogen (secondary N) is 3. The molecule has 4 aromatic carbocycles. The summed E-state index contributed by atoms with van der Waals surface area (Å²) in [6.07, 6.45) is 0. The van der Waals surface area contributed by atoms with Gasteiger partial charge in [-0.15, -0.1) is 11.8 Å². The number of aromatic nitrogens is 1. The van der Waals surface area contributed by atoms with Crippen LogP contribution in [0.1, 0.15) is 13.8 Å². The van der Waals surface area contributed by atoms with Crippen molar-refractivity contribution in [2.75, 3.05) is 16.0 Å². The number of para-hydroxylation sites is 2. The number of rotatable bonds is 7. The van der Waals surface area contributed by atoms with Crippen LogP contribution >= 0.6 is 24.0 Å². The molecule has 0 aliphatic rings. The van der Waals surface area contributed by atoms with Crippen molar-refractivity contribution in [1.82, 2.24) is 4.57 Å². The Balaban J connectivity index is 1.21. The maximum absolute atomic E-state index is 13.0. The predicted molar refractivity (Wildman–Crippen MR) is 162 cm³/mol. The molecule has 1 amide bonds. The number of hydrogen-bond acceptors (Lipinski definition) is 3.